The van der Waals surface area contributed by atoms with Crippen molar-refractivity contribution in [2.75, 3.05) is 20.1 Å². The molecule has 2 heterocycles. The van der Waals surface area contributed by atoms with Crippen molar-refractivity contribution >= 4 is 5.91 Å². The van der Waals surface area contributed by atoms with Crippen molar-refractivity contribution in [3.8, 4) is 0 Å². The third-order valence-electron chi connectivity index (χ3n) is 3.24. The van der Waals surface area contributed by atoms with Gasteiger partial charge in [-0.1, -0.05) is 19.3 Å². The van der Waals surface area contributed by atoms with Gasteiger partial charge in [0.1, 0.15) is 6.26 Å². The molecule has 0 spiro atoms. The van der Waals surface area contributed by atoms with Crippen LogP contribution >= 0.6 is 0 Å². The maximum Gasteiger partial charge on any atom is 0.275 e. The van der Waals surface area contributed by atoms with E-state index in [9.17, 15) is 4.79 Å². The molecule has 0 bridgehead atoms. The van der Waals surface area contributed by atoms with Gasteiger partial charge in [0.25, 0.3) is 5.91 Å². The first-order chi connectivity index (χ1) is 8.81. The SMILES string of the molecule is CNCc1nc(C(=O)N2CCCCCCC2)co1. The summed E-state index contributed by atoms with van der Waals surface area (Å²) in [5.41, 5.74) is 0.431. The Labute approximate surface area is 108 Å². The van der Waals surface area contributed by atoms with Gasteiger partial charge in [0.2, 0.25) is 5.89 Å². The van der Waals surface area contributed by atoms with E-state index in [2.05, 4.69) is 10.3 Å². The lowest BCUT2D eigenvalue weighted by molar-refractivity contribution is 0.0736. The van der Waals surface area contributed by atoms with Crippen molar-refractivity contribution in [1.82, 2.24) is 15.2 Å². The Morgan fingerprint density at radius 3 is 2.67 bits per heavy atom. The van der Waals surface area contributed by atoms with E-state index < -0.39 is 0 Å². The van der Waals surface area contributed by atoms with E-state index in [-0.39, 0.29) is 5.91 Å². The summed E-state index contributed by atoms with van der Waals surface area (Å²) in [5, 5.41) is 2.95. The van der Waals surface area contributed by atoms with Crippen LogP contribution in [0.15, 0.2) is 10.7 Å². The van der Waals surface area contributed by atoms with Gasteiger partial charge in [-0.2, -0.15) is 0 Å². The van der Waals surface area contributed by atoms with Gasteiger partial charge in [-0.25, -0.2) is 4.98 Å². The molecule has 5 nitrogen and oxygen atoms in total. The summed E-state index contributed by atoms with van der Waals surface area (Å²) in [5.74, 6) is 0.566. The summed E-state index contributed by atoms with van der Waals surface area (Å²) in [6, 6.07) is 0. The molecule has 18 heavy (non-hydrogen) atoms. The highest BCUT2D eigenvalue weighted by molar-refractivity contribution is 5.92. The Morgan fingerprint density at radius 2 is 2.00 bits per heavy atom. The largest absolute Gasteiger partial charge is 0.447 e. The first-order valence-corrected chi connectivity index (χ1v) is 6.69. The quantitative estimate of drug-likeness (QED) is 0.890. The number of hydrogen-bond acceptors (Lipinski definition) is 4. The first-order valence-electron chi connectivity index (χ1n) is 6.69. The van der Waals surface area contributed by atoms with Gasteiger partial charge in [-0.3, -0.25) is 4.79 Å². The number of nitrogens with one attached hydrogen (secondary N) is 1. The Bertz CT molecular complexity index is 381. The van der Waals surface area contributed by atoms with Crippen molar-refractivity contribution < 1.29 is 9.21 Å². The van der Waals surface area contributed by atoms with Crippen LogP contribution in [0.5, 0.6) is 0 Å². The zero-order chi connectivity index (χ0) is 12.8. The molecule has 0 saturated carbocycles. The number of likely N-dealkylation sites (tertiary alicyclic amines) is 1. The van der Waals surface area contributed by atoms with Crippen molar-refractivity contribution in [3.05, 3.63) is 17.8 Å². The molecule has 1 aliphatic heterocycles. The number of carbonyl (C=O) groups excluding carboxylic acids is 1. The molecular formula is C13H21N3O2. The van der Waals surface area contributed by atoms with E-state index in [4.69, 9.17) is 4.42 Å². The Balaban J connectivity index is 1.99. The lowest BCUT2D eigenvalue weighted by atomic mass is 10.1. The number of aromatic nitrogens is 1. The van der Waals surface area contributed by atoms with E-state index in [1.54, 1.807) is 0 Å². The zero-order valence-electron chi connectivity index (χ0n) is 10.9. The van der Waals surface area contributed by atoms with Crippen LogP contribution in [0.4, 0.5) is 0 Å². The Hall–Kier alpha value is -1.36. The van der Waals surface area contributed by atoms with E-state index >= 15 is 0 Å². The number of oxazole rings is 1. The second-order valence-electron chi connectivity index (χ2n) is 4.72. The van der Waals surface area contributed by atoms with Crippen LogP contribution < -0.4 is 5.32 Å². The highest BCUT2D eigenvalue weighted by Gasteiger charge is 2.19. The number of amides is 1. The molecular weight excluding hydrogens is 230 g/mol. The van der Waals surface area contributed by atoms with Gasteiger partial charge in [0.05, 0.1) is 6.54 Å². The fourth-order valence-electron chi connectivity index (χ4n) is 2.25. The second-order valence-corrected chi connectivity index (χ2v) is 4.72. The van der Waals surface area contributed by atoms with Gasteiger partial charge >= 0.3 is 0 Å². The minimum atomic E-state index is 0.00278. The highest BCUT2D eigenvalue weighted by atomic mass is 16.3. The molecule has 0 unspecified atom stereocenters. The maximum absolute atomic E-state index is 12.3. The lowest BCUT2D eigenvalue weighted by Crippen LogP contribution is -2.34. The van der Waals surface area contributed by atoms with E-state index in [1.807, 2.05) is 11.9 Å². The predicted octanol–water partition coefficient (Wildman–Crippen LogP) is 1.80. The van der Waals surface area contributed by atoms with Crippen LogP contribution in [-0.2, 0) is 6.54 Å². The molecule has 100 valence electrons. The van der Waals surface area contributed by atoms with Gasteiger partial charge in [0.15, 0.2) is 5.69 Å². The average Bonchev–Trinajstić information content (AvgIpc) is 2.77. The molecule has 1 aromatic heterocycles. The van der Waals surface area contributed by atoms with E-state index in [0.717, 1.165) is 25.9 Å². The van der Waals surface area contributed by atoms with Gasteiger partial charge < -0.3 is 14.6 Å². The summed E-state index contributed by atoms with van der Waals surface area (Å²) in [6.45, 7) is 2.23. The fourth-order valence-corrected chi connectivity index (χ4v) is 2.25. The minimum Gasteiger partial charge on any atom is -0.447 e. The lowest BCUT2D eigenvalue weighted by Gasteiger charge is -2.23. The van der Waals surface area contributed by atoms with Crippen LogP contribution in [0.3, 0.4) is 0 Å². The summed E-state index contributed by atoms with van der Waals surface area (Å²) >= 11 is 0. The molecule has 1 saturated heterocycles. The molecule has 0 aromatic carbocycles. The van der Waals surface area contributed by atoms with Crippen LogP contribution in [-0.4, -0.2) is 35.9 Å². The molecule has 0 aliphatic carbocycles. The molecule has 0 atom stereocenters. The maximum atomic E-state index is 12.3. The van der Waals surface area contributed by atoms with Crippen LogP contribution in [0.1, 0.15) is 48.5 Å². The highest BCUT2D eigenvalue weighted by Crippen LogP contribution is 2.13. The monoisotopic (exact) mass is 251 g/mol. The van der Waals surface area contributed by atoms with Gasteiger partial charge in [0, 0.05) is 13.1 Å². The fraction of sp³-hybridized carbons (Fsp3) is 0.692. The molecule has 0 radical (unpaired) electrons. The van der Waals surface area contributed by atoms with Gasteiger partial charge in [-0.15, -0.1) is 0 Å². The number of hydrogen-bond donors (Lipinski definition) is 1. The summed E-state index contributed by atoms with van der Waals surface area (Å²) in [4.78, 5) is 18.4. The van der Waals surface area contributed by atoms with Crippen LogP contribution in [0.2, 0.25) is 0 Å². The molecule has 2 rings (SSSR count). The van der Waals surface area contributed by atoms with Crippen molar-refractivity contribution in [2.45, 2.75) is 38.6 Å². The Kier molecular flexibility index (Phi) is 4.75. The summed E-state index contributed by atoms with van der Waals surface area (Å²) in [6.07, 6.45) is 7.37. The molecule has 1 N–H and O–H groups in total. The van der Waals surface area contributed by atoms with Crippen molar-refractivity contribution in [2.24, 2.45) is 0 Å². The first kappa shape index (κ1) is 13.1. The van der Waals surface area contributed by atoms with Gasteiger partial charge in [-0.05, 0) is 19.9 Å². The Morgan fingerprint density at radius 1 is 1.33 bits per heavy atom. The van der Waals surface area contributed by atoms with Crippen LogP contribution in [0.25, 0.3) is 0 Å². The minimum absolute atomic E-state index is 0.00278. The number of nitrogens with zero attached hydrogens (tertiary/aromatic N) is 2. The average molecular weight is 251 g/mol. The standard InChI is InChI=1S/C13H21N3O2/c1-14-9-12-15-11(10-18-12)13(17)16-7-5-3-2-4-6-8-16/h10,14H,2-9H2,1H3. The second kappa shape index (κ2) is 6.54. The van der Waals surface area contributed by atoms with E-state index in [1.165, 1.54) is 25.5 Å². The van der Waals surface area contributed by atoms with E-state index in [0.29, 0.717) is 18.1 Å². The van der Waals surface area contributed by atoms with Crippen LogP contribution in [0, 0.1) is 0 Å². The zero-order valence-corrected chi connectivity index (χ0v) is 10.9. The molecule has 1 fully saturated rings. The third kappa shape index (κ3) is 3.32. The summed E-state index contributed by atoms with van der Waals surface area (Å²) in [7, 11) is 1.82. The normalized spacial score (nSPS) is 17.3. The molecule has 1 amide bonds. The topological polar surface area (TPSA) is 58.4 Å². The summed E-state index contributed by atoms with van der Waals surface area (Å²) < 4.78 is 5.25. The number of rotatable bonds is 3. The number of carbonyl (C=O) groups is 1. The smallest absolute Gasteiger partial charge is 0.275 e. The van der Waals surface area contributed by atoms with Crippen molar-refractivity contribution in [1.29, 1.82) is 0 Å². The third-order valence-corrected chi connectivity index (χ3v) is 3.24. The molecule has 1 aliphatic rings. The predicted molar refractivity (Wildman–Crippen MR) is 68.3 cm³/mol. The molecule has 1 aromatic rings. The molecule has 5 heteroatoms. The van der Waals surface area contributed by atoms with Crippen molar-refractivity contribution in [3.63, 3.8) is 0 Å².